The van der Waals surface area contributed by atoms with Crippen LogP contribution in [-0.4, -0.2) is 36.4 Å². The number of para-hydroxylation sites is 1. The van der Waals surface area contributed by atoms with Crippen molar-refractivity contribution < 1.29 is 19.1 Å². The molecule has 0 spiro atoms. The van der Waals surface area contributed by atoms with Crippen LogP contribution in [0.5, 0.6) is 5.75 Å². The van der Waals surface area contributed by atoms with Crippen molar-refractivity contribution in [2.24, 2.45) is 5.10 Å². The molecule has 2 aromatic carbocycles. The first-order chi connectivity index (χ1) is 15.0. The summed E-state index contributed by atoms with van der Waals surface area (Å²) in [6, 6.07) is 16.1. The Kier molecular flexibility index (Phi) is 6.87. The molecule has 0 atom stereocenters. The summed E-state index contributed by atoms with van der Waals surface area (Å²) in [5.41, 5.74) is 6.85. The minimum atomic E-state index is -0.402. The van der Waals surface area contributed by atoms with E-state index < -0.39 is 5.97 Å². The summed E-state index contributed by atoms with van der Waals surface area (Å²) in [6.45, 7) is 6.34. The van der Waals surface area contributed by atoms with Crippen LogP contribution in [0.15, 0.2) is 59.7 Å². The van der Waals surface area contributed by atoms with Gasteiger partial charge < -0.3 is 14.0 Å². The monoisotopic (exact) mass is 419 g/mol. The summed E-state index contributed by atoms with van der Waals surface area (Å²) in [6.07, 6.45) is 1.59. The number of esters is 1. The number of nitrogens with zero attached hydrogens (tertiary/aromatic N) is 2. The predicted molar refractivity (Wildman–Crippen MR) is 119 cm³/mol. The lowest BCUT2D eigenvalue weighted by molar-refractivity contribution is 0.0600. The van der Waals surface area contributed by atoms with E-state index in [2.05, 4.69) is 10.5 Å². The summed E-state index contributed by atoms with van der Waals surface area (Å²) in [7, 11) is 1.36. The molecule has 1 N–H and O–H groups in total. The molecule has 160 valence electrons. The second-order valence-corrected chi connectivity index (χ2v) is 6.83. The van der Waals surface area contributed by atoms with Gasteiger partial charge in [-0.1, -0.05) is 12.1 Å². The number of rotatable bonds is 7. The number of hydrogen-bond donors (Lipinski definition) is 1. The molecule has 0 unspecified atom stereocenters. The summed E-state index contributed by atoms with van der Waals surface area (Å²) < 4.78 is 12.2. The van der Waals surface area contributed by atoms with Gasteiger partial charge in [0, 0.05) is 22.5 Å². The maximum absolute atomic E-state index is 12.3. The average molecular weight is 419 g/mol. The van der Waals surface area contributed by atoms with E-state index in [9.17, 15) is 9.59 Å². The van der Waals surface area contributed by atoms with Crippen LogP contribution in [0.2, 0.25) is 0 Å². The number of nitrogens with one attached hydrogen (secondary N) is 1. The van der Waals surface area contributed by atoms with Gasteiger partial charge in [0.15, 0.2) is 0 Å². The third kappa shape index (κ3) is 4.83. The van der Waals surface area contributed by atoms with Gasteiger partial charge in [-0.15, -0.1) is 0 Å². The van der Waals surface area contributed by atoms with Crippen LogP contribution in [0.4, 0.5) is 0 Å². The first-order valence-corrected chi connectivity index (χ1v) is 9.89. The molecule has 0 bridgehead atoms. The van der Waals surface area contributed by atoms with Crippen molar-refractivity contribution in [3.8, 4) is 11.4 Å². The number of benzene rings is 2. The van der Waals surface area contributed by atoms with Crippen LogP contribution < -0.4 is 10.2 Å². The SMILES string of the molecule is CCOc1ccc(C(=O)N/N=C/c2cc(C)n(-c3ccccc3C(=O)OC)c2C)cc1. The zero-order chi connectivity index (χ0) is 22.4. The van der Waals surface area contributed by atoms with Crippen molar-refractivity contribution in [2.75, 3.05) is 13.7 Å². The molecule has 1 heterocycles. The molecule has 0 aliphatic heterocycles. The molecule has 0 saturated heterocycles. The van der Waals surface area contributed by atoms with Gasteiger partial charge in [-0.3, -0.25) is 4.79 Å². The highest BCUT2D eigenvalue weighted by atomic mass is 16.5. The standard InChI is InChI=1S/C24H25N3O4/c1-5-31-20-12-10-18(11-13-20)23(28)26-25-15-19-14-16(2)27(17(19)3)22-9-7-6-8-21(22)24(29)30-4/h6-15H,5H2,1-4H3,(H,26,28)/b25-15+. The average Bonchev–Trinajstić information content (AvgIpc) is 3.06. The van der Waals surface area contributed by atoms with Crippen LogP contribution >= 0.6 is 0 Å². The van der Waals surface area contributed by atoms with Gasteiger partial charge in [-0.25, -0.2) is 10.2 Å². The molecule has 7 nitrogen and oxygen atoms in total. The van der Waals surface area contributed by atoms with E-state index in [0.29, 0.717) is 23.5 Å². The first-order valence-electron chi connectivity index (χ1n) is 9.89. The maximum atomic E-state index is 12.3. The number of carbonyl (C=O) groups is 2. The Bertz CT molecular complexity index is 1110. The lowest BCUT2D eigenvalue weighted by Gasteiger charge is -2.13. The van der Waals surface area contributed by atoms with Crippen LogP contribution in [-0.2, 0) is 4.74 Å². The zero-order valence-corrected chi connectivity index (χ0v) is 18.0. The molecule has 3 aromatic rings. The largest absolute Gasteiger partial charge is 0.494 e. The highest BCUT2D eigenvalue weighted by molar-refractivity contribution is 5.95. The van der Waals surface area contributed by atoms with Gasteiger partial charge in [0.25, 0.3) is 5.91 Å². The quantitative estimate of drug-likeness (QED) is 0.356. The molecule has 0 radical (unpaired) electrons. The number of aryl methyl sites for hydroxylation is 1. The Morgan fingerprint density at radius 3 is 2.48 bits per heavy atom. The molecular weight excluding hydrogens is 394 g/mol. The van der Waals surface area contributed by atoms with Crippen molar-refractivity contribution in [1.29, 1.82) is 0 Å². The molecule has 0 aliphatic carbocycles. The Morgan fingerprint density at radius 1 is 1.10 bits per heavy atom. The number of carbonyl (C=O) groups excluding carboxylic acids is 2. The Hall–Kier alpha value is -3.87. The van der Waals surface area contributed by atoms with Gasteiger partial charge >= 0.3 is 5.97 Å². The zero-order valence-electron chi connectivity index (χ0n) is 18.0. The van der Waals surface area contributed by atoms with Crippen LogP contribution in [0.1, 0.15) is 44.6 Å². The molecule has 1 aromatic heterocycles. The fourth-order valence-corrected chi connectivity index (χ4v) is 3.33. The molecule has 31 heavy (non-hydrogen) atoms. The second kappa shape index (κ2) is 9.75. The third-order valence-corrected chi connectivity index (χ3v) is 4.82. The number of hydrogen-bond acceptors (Lipinski definition) is 5. The fraction of sp³-hybridized carbons (Fsp3) is 0.208. The summed E-state index contributed by atoms with van der Waals surface area (Å²) in [4.78, 5) is 24.5. The number of hydrazone groups is 1. The lowest BCUT2D eigenvalue weighted by Crippen LogP contribution is -2.17. The highest BCUT2D eigenvalue weighted by Crippen LogP contribution is 2.23. The number of aromatic nitrogens is 1. The van der Waals surface area contributed by atoms with E-state index in [4.69, 9.17) is 9.47 Å². The van der Waals surface area contributed by atoms with Gasteiger partial charge in [-0.05, 0) is 63.2 Å². The van der Waals surface area contributed by atoms with Crippen molar-refractivity contribution in [3.05, 3.63) is 82.7 Å². The van der Waals surface area contributed by atoms with Crippen LogP contribution in [0.3, 0.4) is 0 Å². The minimum Gasteiger partial charge on any atom is -0.494 e. The van der Waals surface area contributed by atoms with E-state index in [1.807, 2.05) is 43.5 Å². The van der Waals surface area contributed by atoms with Crippen LogP contribution in [0, 0.1) is 13.8 Å². The predicted octanol–water partition coefficient (Wildman–Crippen LogP) is 4.04. The lowest BCUT2D eigenvalue weighted by atomic mass is 10.1. The molecule has 0 aliphatic rings. The molecule has 1 amide bonds. The Morgan fingerprint density at radius 2 is 1.81 bits per heavy atom. The smallest absolute Gasteiger partial charge is 0.339 e. The van der Waals surface area contributed by atoms with E-state index >= 15 is 0 Å². The van der Waals surface area contributed by atoms with E-state index in [0.717, 1.165) is 22.6 Å². The van der Waals surface area contributed by atoms with Crippen molar-refractivity contribution >= 4 is 18.1 Å². The highest BCUT2D eigenvalue weighted by Gasteiger charge is 2.17. The van der Waals surface area contributed by atoms with Crippen molar-refractivity contribution in [1.82, 2.24) is 9.99 Å². The molecule has 3 rings (SSSR count). The molecular formula is C24H25N3O4. The summed E-state index contributed by atoms with van der Waals surface area (Å²) in [5.74, 6) is -0.00712. The van der Waals surface area contributed by atoms with Gasteiger partial charge in [0.1, 0.15) is 5.75 Å². The minimum absolute atomic E-state index is 0.316. The normalized spacial score (nSPS) is 10.8. The van der Waals surface area contributed by atoms with Crippen LogP contribution in [0.25, 0.3) is 5.69 Å². The third-order valence-electron chi connectivity index (χ3n) is 4.82. The molecule has 0 saturated carbocycles. The Balaban J connectivity index is 1.79. The van der Waals surface area contributed by atoms with Crippen molar-refractivity contribution in [3.63, 3.8) is 0 Å². The first kappa shape index (κ1) is 21.8. The number of ether oxygens (including phenoxy) is 2. The molecule has 7 heteroatoms. The van der Waals surface area contributed by atoms with Crippen molar-refractivity contribution in [2.45, 2.75) is 20.8 Å². The fourth-order valence-electron chi connectivity index (χ4n) is 3.33. The number of methoxy groups -OCH3 is 1. The molecule has 0 fully saturated rings. The second-order valence-electron chi connectivity index (χ2n) is 6.83. The summed E-state index contributed by atoms with van der Waals surface area (Å²) >= 11 is 0. The van der Waals surface area contributed by atoms with Gasteiger partial charge in [0.2, 0.25) is 0 Å². The van der Waals surface area contributed by atoms with E-state index in [1.165, 1.54) is 7.11 Å². The Labute approximate surface area is 181 Å². The maximum Gasteiger partial charge on any atom is 0.339 e. The van der Waals surface area contributed by atoms with E-state index in [1.54, 1.807) is 42.6 Å². The van der Waals surface area contributed by atoms with Gasteiger partial charge in [0.05, 0.1) is 31.2 Å². The summed E-state index contributed by atoms with van der Waals surface area (Å²) in [5, 5.41) is 4.10. The van der Waals surface area contributed by atoms with Gasteiger partial charge in [-0.2, -0.15) is 5.10 Å². The topological polar surface area (TPSA) is 81.9 Å². The van der Waals surface area contributed by atoms with E-state index in [-0.39, 0.29) is 5.91 Å². The number of amides is 1.